The molecule has 1 aromatic heterocycles. The third kappa shape index (κ3) is 3.15. The Hall–Kier alpha value is -3.68. The van der Waals surface area contributed by atoms with E-state index in [0.29, 0.717) is 0 Å². The Bertz CT molecular complexity index is 1510. The maximum absolute atomic E-state index is 2.37. The molecule has 0 fully saturated rings. The molecule has 0 atom stereocenters. The molecule has 6 rings (SSSR count). The first-order valence-corrected chi connectivity index (χ1v) is 11.4. The van der Waals surface area contributed by atoms with Crippen LogP contribution in [0.2, 0.25) is 0 Å². The van der Waals surface area contributed by atoms with E-state index in [1.54, 1.807) is 0 Å². The molecule has 0 bridgehead atoms. The van der Waals surface area contributed by atoms with E-state index in [4.69, 9.17) is 0 Å². The summed E-state index contributed by atoms with van der Waals surface area (Å²) in [5.41, 5.74) is 5.12. The molecule has 0 nitrogen and oxygen atoms in total. The van der Waals surface area contributed by atoms with Crippen LogP contribution in [0.15, 0.2) is 121 Å². The maximum atomic E-state index is 2.37. The standard InChI is InChI=1S/C30H20S/c1-3-11-21(12-4-1)27-20-29(22-13-5-2-6-14-22)31-30(27)28-19-23-15-7-8-16-24(23)25-17-9-10-18-26(25)28/h1-20H. The van der Waals surface area contributed by atoms with E-state index in [1.807, 2.05) is 11.3 Å². The summed E-state index contributed by atoms with van der Waals surface area (Å²) in [5, 5.41) is 5.21. The van der Waals surface area contributed by atoms with Crippen LogP contribution >= 0.6 is 11.3 Å². The van der Waals surface area contributed by atoms with Gasteiger partial charge in [-0.15, -0.1) is 11.3 Å². The topological polar surface area (TPSA) is 0 Å². The molecule has 0 unspecified atom stereocenters. The van der Waals surface area contributed by atoms with Crippen LogP contribution in [0.25, 0.3) is 53.6 Å². The third-order valence-corrected chi connectivity index (χ3v) is 7.11. The molecule has 0 saturated heterocycles. The number of fused-ring (bicyclic) bond motifs is 3. The van der Waals surface area contributed by atoms with Crippen molar-refractivity contribution >= 4 is 32.9 Å². The molecule has 0 radical (unpaired) electrons. The van der Waals surface area contributed by atoms with Crippen LogP contribution in [0, 0.1) is 0 Å². The van der Waals surface area contributed by atoms with Gasteiger partial charge in [-0.2, -0.15) is 0 Å². The van der Waals surface area contributed by atoms with Crippen molar-refractivity contribution in [2.24, 2.45) is 0 Å². The Morgan fingerprint density at radius 1 is 0.419 bits per heavy atom. The lowest BCUT2D eigenvalue weighted by Gasteiger charge is -2.11. The Morgan fingerprint density at radius 2 is 1.00 bits per heavy atom. The first-order valence-electron chi connectivity index (χ1n) is 10.5. The Labute approximate surface area is 186 Å². The second kappa shape index (κ2) is 7.54. The summed E-state index contributed by atoms with van der Waals surface area (Å²) >= 11 is 1.88. The molecular formula is C30H20S. The second-order valence-corrected chi connectivity index (χ2v) is 8.83. The number of rotatable bonds is 3. The van der Waals surface area contributed by atoms with Gasteiger partial charge < -0.3 is 0 Å². The van der Waals surface area contributed by atoms with Gasteiger partial charge in [-0.25, -0.2) is 0 Å². The summed E-state index contributed by atoms with van der Waals surface area (Å²) in [6.07, 6.45) is 0. The summed E-state index contributed by atoms with van der Waals surface area (Å²) < 4.78 is 0. The summed E-state index contributed by atoms with van der Waals surface area (Å²) in [7, 11) is 0. The number of hydrogen-bond acceptors (Lipinski definition) is 1. The number of hydrogen-bond donors (Lipinski definition) is 0. The van der Waals surface area contributed by atoms with Crippen molar-refractivity contribution in [1.82, 2.24) is 0 Å². The molecule has 146 valence electrons. The van der Waals surface area contributed by atoms with Crippen molar-refractivity contribution in [3.8, 4) is 32.0 Å². The monoisotopic (exact) mass is 412 g/mol. The SMILES string of the molecule is c1ccc(-c2cc(-c3ccccc3)c(-c3cc4ccccc4c4ccccc34)s2)cc1. The van der Waals surface area contributed by atoms with E-state index in [1.165, 1.54) is 53.6 Å². The van der Waals surface area contributed by atoms with Crippen molar-refractivity contribution in [3.05, 3.63) is 121 Å². The second-order valence-electron chi connectivity index (χ2n) is 7.78. The zero-order valence-corrected chi connectivity index (χ0v) is 17.8. The molecule has 0 saturated carbocycles. The van der Waals surface area contributed by atoms with Gasteiger partial charge in [0.15, 0.2) is 0 Å². The normalized spacial score (nSPS) is 11.2. The fourth-order valence-corrected chi connectivity index (χ4v) is 5.63. The highest BCUT2D eigenvalue weighted by atomic mass is 32.1. The Balaban J connectivity index is 1.69. The average Bonchev–Trinajstić information content (AvgIpc) is 3.30. The zero-order valence-electron chi connectivity index (χ0n) is 17.0. The van der Waals surface area contributed by atoms with Gasteiger partial charge in [0.2, 0.25) is 0 Å². The Kier molecular flexibility index (Phi) is 4.40. The summed E-state index contributed by atoms with van der Waals surface area (Å²) in [6.45, 7) is 0. The van der Waals surface area contributed by atoms with Gasteiger partial charge >= 0.3 is 0 Å². The van der Waals surface area contributed by atoms with Crippen molar-refractivity contribution in [3.63, 3.8) is 0 Å². The molecular weight excluding hydrogens is 392 g/mol. The van der Waals surface area contributed by atoms with Crippen LogP contribution in [0.1, 0.15) is 0 Å². The van der Waals surface area contributed by atoms with Crippen LogP contribution in [-0.2, 0) is 0 Å². The highest BCUT2D eigenvalue weighted by molar-refractivity contribution is 7.19. The average molecular weight is 413 g/mol. The van der Waals surface area contributed by atoms with E-state index >= 15 is 0 Å². The number of benzene rings is 5. The number of thiophene rings is 1. The first kappa shape index (κ1) is 18.1. The summed E-state index contributed by atoms with van der Waals surface area (Å²) in [5.74, 6) is 0. The van der Waals surface area contributed by atoms with Crippen LogP contribution in [0.3, 0.4) is 0 Å². The fourth-order valence-electron chi connectivity index (χ4n) is 4.41. The van der Waals surface area contributed by atoms with Crippen molar-refractivity contribution in [2.75, 3.05) is 0 Å². The molecule has 31 heavy (non-hydrogen) atoms. The fraction of sp³-hybridized carbons (Fsp3) is 0. The lowest BCUT2D eigenvalue weighted by molar-refractivity contribution is 1.66. The van der Waals surface area contributed by atoms with Gasteiger partial charge in [0.25, 0.3) is 0 Å². The minimum Gasteiger partial charge on any atom is -0.135 e. The first-order chi connectivity index (χ1) is 15.4. The minimum absolute atomic E-state index is 1.26. The predicted molar refractivity (Wildman–Crippen MR) is 136 cm³/mol. The van der Waals surface area contributed by atoms with E-state index in [2.05, 4.69) is 121 Å². The molecule has 5 aromatic carbocycles. The summed E-state index contributed by atoms with van der Waals surface area (Å²) in [6, 6.07) is 43.7. The molecule has 0 aliphatic carbocycles. The van der Waals surface area contributed by atoms with Gasteiger partial charge in [-0.1, -0.05) is 109 Å². The van der Waals surface area contributed by atoms with Gasteiger partial charge in [0.1, 0.15) is 0 Å². The highest BCUT2D eigenvalue weighted by Crippen LogP contribution is 2.46. The maximum Gasteiger partial charge on any atom is 0.0434 e. The smallest absolute Gasteiger partial charge is 0.0434 e. The van der Waals surface area contributed by atoms with E-state index in [0.717, 1.165) is 0 Å². The lowest BCUT2D eigenvalue weighted by Crippen LogP contribution is -1.84. The van der Waals surface area contributed by atoms with Crippen molar-refractivity contribution in [1.29, 1.82) is 0 Å². The summed E-state index contributed by atoms with van der Waals surface area (Å²) in [4.78, 5) is 2.62. The van der Waals surface area contributed by atoms with Crippen LogP contribution in [0.4, 0.5) is 0 Å². The lowest BCUT2D eigenvalue weighted by atomic mass is 9.94. The molecule has 1 heteroatoms. The molecule has 6 aromatic rings. The van der Waals surface area contributed by atoms with Crippen molar-refractivity contribution in [2.45, 2.75) is 0 Å². The van der Waals surface area contributed by atoms with Crippen LogP contribution < -0.4 is 0 Å². The Morgan fingerprint density at radius 3 is 1.74 bits per heavy atom. The van der Waals surface area contributed by atoms with E-state index < -0.39 is 0 Å². The quantitative estimate of drug-likeness (QED) is 0.254. The van der Waals surface area contributed by atoms with Crippen LogP contribution in [0.5, 0.6) is 0 Å². The zero-order chi connectivity index (χ0) is 20.6. The highest BCUT2D eigenvalue weighted by Gasteiger charge is 2.17. The molecule has 0 spiro atoms. The van der Waals surface area contributed by atoms with Crippen LogP contribution in [-0.4, -0.2) is 0 Å². The molecule has 1 heterocycles. The molecule has 0 amide bonds. The third-order valence-electron chi connectivity index (χ3n) is 5.89. The largest absolute Gasteiger partial charge is 0.135 e. The van der Waals surface area contributed by atoms with Gasteiger partial charge in [-0.3, -0.25) is 0 Å². The van der Waals surface area contributed by atoms with Gasteiger partial charge in [0, 0.05) is 20.9 Å². The molecule has 0 aliphatic rings. The molecule has 0 N–H and O–H groups in total. The molecule has 0 aliphatic heterocycles. The van der Waals surface area contributed by atoms with Crippen molar-refractivity contribution < 1.29 is 0 Å². The van der Waals surface area contributed by atoms with Gasteiger partial charge in [0.05, 0.1) is 0 Å². The van der Waals surface area contributed by atoms with Gasteiger partial charge in [-0.05, 0) is 44.8 Å². The van der Waals surface area contributed by atoms with E-state index in [9.17, 15) is 0 Å². The van der Waals surface area contributed by atoms with E-state index in [-0.39, 0.29) is 0 Å². The predicted octanol–water partition coefficient (Wildman–Crippen LogP) is 9.06. The minimum atomic E-state index is 1.26.